The van der Waals surface area contributed by atoms with Gasteiger partial charge in [-0.1, -0.05) is 0 Å². The van der Waals surface area contributed by atoms with Crippen LogP contribution < -0.4 is 5.32 Å². The summed E-state index contributed by atoms with van der Waals surface area (Å²) in [4.78, 5) is 26.5. The maximum atomic E-state index is 12.1. The Kier molecular flexibility index (Phi) is 5.81. The summed E-state index contributed by atoms with van der Waals surface area (Å²) in [7, 11) is 0. The molecule has 2 fully saturated rings. The molecule has 0 spiro atoms. The summed E-state index contributed by atoms with van der Waals surface area (Å²) in [5, 5.41) is 11.7. The van der Waals surface area contributed by atoms with E-state index in [2.05, 4.69) is 10.2 Å². The maximum Gasteiger partial charge on any atom is 0.317 e. The lowest BCUT2D eigenvalue weighted by Crippen LogP contribution is -2.52. The molecule has 2 saturated heterocycles. The highest BCUT2D eigenvalue weighted by Crippen LogP contribution is 2.19. The molecule has 2 amide bonds. The fraction of sp³-hybridized carbons (Fsp3) is 0.857. The lowest BCUT2D eigenvalue weighted by molar-refractivity contribution is -0.137. The SMILES string of the molecule is CC1OCCC1CNC(=O)N1CCN(CCC(=O)O)CC1. The van der Waals surface area contributed by atoms with E-state index in [1.807, 2.05) is 6.92 Å². The van der Waals surface area contributed by atoms with Gasteiger partial charge in [-0.05, 0) is 13.3 Å². The summed E-state index contributed by atoms with van der Waals surface area (Å²) in [5.74, 6) is -0.367. The third-order valence-corrected chi connectivity index (χ3v) is 4.35. The average molecular weight is 299 g/mol. The number of aliphatic carboxylic acids is 1. The molecule has 0 radical (unpaired) electrons. The molecular formula is C14H25N3O4. The van der Waals surface area contributed by atoms with Crippen molar-refractivity contribution in [2.45, 2.75) is 25.9 Å². The van der Waals surface area contributed by atoms with Crippen molar-refractivity contribution in [2.24, 2.45) is 5.92 Å². The first kappa shape index (κ1) is 16.0. The zero-order valence-electron chi connectivity index (χ0n) is 12.6. The van der Waals surface area contributed by atoms with E-state index in [4.69, 9.17) is 9.84 Å². The van der Waals surface area contributed by atoms with Crippen LogP contribution in [-0.4, -0.2) is 78.9 Å². The predicted molar refractivity (Wildman–Crippen MR) is 77.2 cm³/mol. The van der Waals surface area contributed by atoms with Crippen LogP contribution in [0.2, 0.25) is 0 Å². The van der Waals surface area contributed by atoms with Crippen molar-refractivity contribution in [1.82, 2.24) is 15.1 Å². The van der Waals surface area contributed by atoms with Gasteiger partial charge in [0.25, 0.3) is 0 Å². The van der Waals surface area contributed by atoms with Crippen LogP contribution in [0, 0.1) is 5.92 Å². The van der Waals surface area contributed by atoms with Crippen LogP contribution in [0.3, 0.4) is 0 Å². The van der Waals surface area contributed by atoms with Crippen molar-refractivity contribution < 1.29 is 19.4 Å². The van der Waals surface area contributed by atoms with Crippen molar-refractivity contribution >= 4 is 12.0 Å². The van der Waals surface area contributed by atoms with Crippen LogP contribution in [0.15, 0.2) is 0 Å². The molecule has 0 saturated carbocycles. The first-order valence-electron chi connectivity index (χ1n) is 7.65. The van der Waals surface area contributed by atoms with Gasteiger partial charge >= 0.3 is 12.0 Å². The van der Waals surface area contributed by atoms with Gasteiger partial charge in [-0.3, -0.25) is 9.69 Å². The van der Waals surface area contributed by atoms with Gasteiger partial charge in [0, 0.05) is 51.8 Å². The monoisotopic (exact) mass is 299 g/mol. The van der Waals surface area contributed by atoms with Crippen LogP contribution >= 0.6 is 0 Å². The quantitative estimate of drug-likeness (QED) is 0.758. The second kappa shape index (κ2) is 7.61. The first-order chi connectivity index (χ1) is 10.1. The van der Waals surface area contributed by atoms with Gasteiger partial charge in [-0.25, -0.2) is 4.79 Å². The Balaban J connectivity index is 1.64. The second-order valence-electron chi connectivity index (χ2n) is 5.78. The minimum atomic E-state index is -0.775. The van der Waals surface area contributed by atoms with Crippen LogP contribution in [0.1, 0.15) is 19.8 Å². The van der Waals surface area contributed by atoms with Crippen LogP contribution in [0.25, 0.3) is 0 Å². The summed E-state index contributed by atoms with van der Waals surface area (Å²) in [6.45, 7) is 6.84. The standard InChI is InChI=1S/C14H25N3O4/c1-11-12(3-9-21-11)10-15-14(20)17-7-5-16(6-8-17)4-2-13(18)19/h11-12H,2-10H2,1H3,(H,15,20)(H,18,19). The number of carboxylic acids is 1. The maximum absolute atomic E-state index is 12.1. The summed E-state index contributed by atoms with van der Waals surface area (Å²) in [6.07, 6.45) is 1.38. The molecule has 2 heterocycles. The summed E-state index contributed by atoms with van der Waals surface area (Å²) in [6, 6.07) is -0.0213. The predicted octanol–water partition coefficient (Wildman–Crippen LogP) is 0.213. The number of nitrogens with one attached hydrogen (secondary N) is 1. The average Bonchev–Trinajstić information content (AvgIpc) is 2.88. The number of hydrogen-bond acceptors (Lipinski definition) is 4. The second-order valence-corrected chi connectivity index (χ2v) is 5.78. The van der Waals surface area contributed by atoms with Crippen molar-refractivity contribution in [3.05, 3.63) is 0 Å². The lowest BCUT2D eigenvalue weighted by Gasteiger charge is -2.34. The third-order valence-electron chi connectivity index (χ3n) is 4.35. The number of nitrogens with zero attached hydrogens (tertiary/aromatic N) is 2. The van der Waals surface area contributed by atoms with Gasteiger partial charge in [0.1, 0.15) is 0 Å². The van der Waals surface area contributed by atoms with E-state index < -0.39 is 5.97 Å². The molecule has 2 N–H and O–H groups in total. The van der Waals surface area contributed by atoms with Crippen molar-refractivity contribution in [1.29, 1.82) is 0 Å². The number of carboxylic acid groups (broad SMARTS) is 1. The number of piperazine rings is 1. The fourth-order valence-corrected chi connectivity index (χ4v) is 2.80. The van der Waals surface area contributed by atoms with Gasteiger partial charge in [0.2, 0.25) is 0 Å². The minimum Gasteiger partial charge on any atom is -0.481 e. The Morgan fingerprint density at radius 1 is 1.29 bits per heavy atom. The molecule has 7 nitrogen and oxygen atoms in total. The summed E-state index contributed by atoms with van der Waals surface area (Å²) < 4.78 is 5.48. The van der Waals surface area contributed by atoms with Crippen molar-refractivity contribution in [3.8, 4) is 0 Å². The Labute approximate surface area is 125 Å². The summed E-state index contributed by atoms with van der Waals surface area (Å²) in [5.41, 5.74) is 0. The molecule has 0 bridgehead atoms. The Hall–Kier alpha value is -1.34. The molecule has 0 aliphatic carbocycles. The minimum absolute atomic E-state index is 0.0213. The molecule has 0 aromatic heterocycles. The van der Waals surface area contributed by atoms with Crippen LogP contribution in [0.5, 0.6) is 0 Å². The molecule has 2 aliphatic rings. The van der Waals surface area contributed by atoms with Gasteiger partial charge in [0.15, 0.2) is 0 Å². The zero-order chi connectivity index (χ0) is 15.2. The lowest BCUT2D eigenvalue weighted by atomic mass is 10.0. The molecule has 7 heteroatoms. The Morgan fingerprint density at radius 2 is 2.00 bits per heavy atom. The van der Waals surface area contributed by atoms with Gasteiger partial charge < -0.3 is 20.1 Å². The number of ether oxygens (including phenoxy) is 1. The Morgan fingerprint density at radius 3 is 2.57 bits per heavy atom. The van der Waals surface area contributed by atoms with E-state index >= 15 is 0 Å². The number of amides is 2. The van der Waals surface area contributed by atoms with Crippen LogP contribution in [-0.2, 0) is 9.53 Å². The number of carbonyl (C=O) groups excluding carboxylic acids is 1. The first-order valence-corrected chi connectivity index (χ1v) is 7.65. The smallest absolute Gasteiger partial charge is 0.317 e. The van der Waals surface area contributed by atoms with E-state index in [-0.39, 0.29) is 18.6 Å². The molecule has 0 aromatic rings. The van der Waals surface area contributed by atoms with E-state index in [0.29, 0.717) is 32.1 Å². The van der Waals surface area contributed by atoms with E-state index in [9.17, 15) is 9.59 Å². The Bertz CT molecular complexity index is 369. The highest BCUT2D eigenvalue weighted by Gasteiger charge is 2.26. The largest absolute Gasteiger partial charge is 0.481 e. The summed E-state index contributed by atoms with van der Waals surface area (Å²) >= 11 is 0. The molecule has 2 aliphatic heterocycles. The molecule has 2 rings (SSSR count). The van der Waals surface area contributed by atoms with E-state index in [1.165, 1.54) is 0 Å². The highest BCUT2D eigenvalue weighted by atomic mass is 16.5. The molecule has 0 aromatic carbocycles. The van der Waals surface area contributed by atoms with Gasteiger partial charge in [-0.15, -0.1) is 0 Å². The zero-order valence-corrected chi connectivity index (χ0v) is 12.6. The highest BCUT2D eigenvalue weighted by molar-refractivity contribution is 5.74. The topological polar surface area (TPSA) is 82.1 Å². The molecule has 21 heavy (non-hydrogen) atoms. The molecular weight excluding hydrogens is 274 g/mol. The third kappa shape index (κ3) is 4.86. The number of hydrogen-bond donors (Lipinski definition) is 2. The van der Waals surface area contributed by atoms with Crippen molar-refractivity contribution in [2.75, 3.05) is 45.9 Å². The normalized spacial score (nSPS) is 26.8. The van der Waals surface area contributed by atoms with E-state index in [0.717, 1.165) is 26.1 Å². The number of carbonyl (C=O) groups is 2. The van der Waals surface area contributed by atoms with E-state index in [1.54, 1.807) is 4.90 Å². The van der Waals surface area contributed by atoms with Crippen molar-refractivity contribution in [3.63, 3.8) is 0 Å². The number of rotatable bonds is 5. The number of urea groups is 1. The molecule has 120 valence electrons. The van der Waals surface area contributed by atoms with Crippen LogP contribution in [0.4, 0.5) is 4.79 Å². The fourth-order valence-electron chi connectivity index (χ4n) is 2.80. The molecule has 2 atom stereocenters. The van der Waals surface area contributed by atoms with Gasteiger partial charge in [0.05, 0.1) is 12.5 Å². The molecule has 2 unspecified atom stereocenters. The van der Waals surface area contributed by atoms with Gasteiger partial charge in [-0.2, -0.15) is 0 Å².